The van der Waals surface area contributed by atoms with Gasteiger partial charge in [-0.15, -0.1) is 0 Å². The lowest BCUT2D eigenvalue weighted by Gasteiger charge is -2.37. The van der Waals surface area contributed by atoms with Gasteiger partial charge in [0.1, 0.15) is 0 Å². The Morgan fingerprint density at radius 3 is 2.70 bits per heavy atom. The van der Waals surface area contributed by atoms with Gasteiger partial charge in [-0.25, -0.2) is 0 Å². The number of nitrogen functional groups attached to an aromatic ring is 1. The first-order valence-corrected chi connectivity index (χ1v) is 7.43. The van der Waals surface area contributed by atoms with Crippen LogP contribution in [0.5, 0.6) is 0 Å². The molecule has 2 rings (SSSR count). The molecular formula is C16H27N3O. The van der Waals surface area contributed by atoms with Crippen LogP contribution < -0.4 is 5.73 Å². The van der Waals surface area contributed by atoms with E-state index in [2.05, 4.69) is 42.8 Å². The summed E-state index contributed by atoms with van der Waals surface area (Å²) >= 11 is 0. The summed E-state index contributed by atoms with van der Waals surface area (Å²) in [5.74, 6) is 0. The number of rotatable bonds is 5. The molecule has 0 saturated carbocycles. The van der Waals surface area contributed by atoms with E-state index in [1.165, 1.54) is 5.56 Å². The molecule has 0 bridgehead atoms. The van der Waals surface area contributed by atoms with Gasteiger partial charge in [0.15, 0.2) is 0 Å². The van der Waals surface area contributed by atoms with Crippen LogP contribution in [0.1, 0.15) is 19.4 Å². The molecule has 112 valence electrons. The van der Waals surface area contributed by atoms with Gasteiger partial charge in [0, 0.05) is 37.9 Å². The Balaban J connectivity index is 1.81. The normalized spacial score (nSPS) is 20.8. The standard InChI is InChI=1S/C16H27N3O/c1-13(2)19-8-9-20-16(12-19)11-18(3)10-14-4-6-15(17)7-5-14/h4-7,13,16H,8-12,17H2,1-3H3. The van der Waals surface area contributed by atoms with E-state index >= 15 is 0 Å². The molecule has 1 aliphatic rings. The molecule has 1 atom stereocenters. The number of hydrogen-bond donors (Lipinski definition) is 1. The van der Waals surface area contributed by atoms with E-state index in [0.717, 1.165) is 38.5 Å². The van der Waals surface area contributed by atoms with Gasteiger partial charge in [0.25, 0.3) is 0 Å². The van der Waals surface area contributed by atoms with Gasteiger partial charge < -0.3 is 10.5 Å². The lowest BCUT2D eigenvalue weighted by Crippen LogP contribution is -2.49. The van der Waals surface area contributed by atoms with Crippen molar-refractivity contribution in [1.82, 2.24) is 9.80 Å². The number of ether oxygens (including phenoxy) is 1. The molecule has 1 unspecified atom stereocenters. The third kappa shape index (κ3) is 4.47. The summed E-state index contributed by atoms with van der Waals surface area (Å²) in [6.07, 6.45) is 0.310. The van der Waals surface area contributed by atoms with E-state index in [9.17, 15) is 0 Å². The van der Waals surface area contributed by atoms with E-state index in [-0.39, 0.29) is 0 Å². The maximum atomic E-state index is 5.88. The van der Waals surface area contributed by atoms with Crippen molar-refractivity contribution in [1.29, 1.82) is 0 Å². The highest BCUT2D eigenvalue weighted by atomic mass is 16.5. The Morgan fingerprint density at radius 2 is 2.05 bits per heavy atom. The van der Waals surface area contributed by atoms with Crippen molar-refractivity contribution in [2.24, 2.45) is 0 Å². The van der Waals surface area contributed by atoms with Crippen LogP contribution in [0.15, 0.2) is 24.3 Å². The largest absolute Gasteiger partial charge is 0.399 e. The van der Waals surface area contributed by atoms with Gasteiger partial charge in [-0.05, 0) is 38.6 Å². The first-order chi connectivity index (χ1) is 9.54. The van der Waals surface area contributed by atoms with Crippen molar-refractivity contribution in [3.63, 3.8) is 0 Å². The topological polar surface area (TPSA) is 41.7 Å². The van der Waals surface area contributed by atoms with Crippen LogP contribution >= 0.6 is 0 Å². The van der Waals surface area contributed by atoms with Gasteiger partial charge >= 0.3 is 0 Å². The predicted molar refractivity (Wildman–Crippen MR) is 83.6 cm³/mol. The minimum Gasteiger partial charge on any atom is -0.399 e. The van der Waals surface area contributed by atoms with Crippen molar-refractivity contribution in [2.75, 3.05) is 39.0 Å². The van der Waals surface area contributed by atoms with Crippen LogP contribution in [0.2, 0.25) is 0 Å². The lowest BCUT2D eigenvalue weighted by atomic mass is 10.1. The minimum absolute atomic E-state index is 0.310. The van der Waals surface area contributed by atoms with E-state index in [0.29, 0.717) is 12.1 Å². The number of morpholine rings is 1. The van der Waals surface area contributed by atoms with Crippen LogP contribution in [-0.2, 0) is 11.3 Å². The molecular weight excluding hydrogens is 250 g/mol. The zero-order chi connectivity index (χ0) is 14.5. The van der Waals surface area contributed by atoms with Crippen LogP contribution in [0.25, 0.3) is 0 Å². The van der Waals surface area contributed by atoms with Crippen molar-refractivity contribution < 1.29 is 4.74 Å². The lowest BCUT2D eigenvalue weighted by molar-refractivity contribution is -0.0502. The molecule has 0 aliphatic carbocycles. The number of hydrogen-bond acceptors (Lipinski definition) is 4. The highest BCUT2D eigenvalue weighted by Gasteiger charge is 2.23. The Labute approximate surface area is 122 Å². The number of likely N-dealkylation sites (N-methyl/N-ethyl adjacent to an activating group) is 1. The Morgan fingerprint density at radius 1 is 1.35 bits per heavy atom. The molecule has 2 N–H and O–H groups in total. The van der Waals surface area contributed by atoms with Crippen LogP contribution in [-0.4, -0.2) is 55.2 Å². The summed E-state index contributed by atoms with van der Waals surface area (Å²) in [6.45, 7) is 9.33. The number of benzene rings is 1. The van der Waals surface area contributed by atoms with Crippen molar-refractivity contribution in [3.05, 3.63) is 29.8 Å². The fourth-order valence-electron chi connectivity index (χ4n) is 2.67. The van der Waals surface area contributed by atoms with E-state index in [1.54, 1.807) is 0 Å². The zero-order valence-corrected chi connectivity index (χ0v) is 12.9. The first kappa shape index (κ1) is 15.3. The molecule has 4 heteroatoms. The summed E-state index contributed by atoms with van der Waals surface area (Å²) in [5.41, 5.74) is 7.82. The Hall–Kier alpha value is -1.10. The molecule has 1 fully saturated rings. The van der Waals surface area contributed by atoms with Gasteiger partial charge in [-0.2, -0.15) is 0 Å². The summed E-state index contributed by atoms with van der Waals surface area (Å²) in [6, 6.07) is 8.70. The molecule has 0 spiro atoms. The second-order valence-corrected chi connectivity index (χ2v) is 6.02. The molecule has 4 nitrogen and oxygen atoms in total. The second-order valence-electron chi connectivity index (χ2n) is 6.02. The number of nitrogens with two attached hydrogens (primary N) is 1. The second kappa shape index (κ2) is 7.07. The molecule has 1 saturated heterocycles. The molecule has 20 heavy (non-hydrogen) atoms. The third-order valence-electron chi connectivity index (χ3n) is 3.85. The van der Waals surface area contributed by atoms with Gasteiger partial charge in [0.05, 0.1) is 12.7 Å². The maximum Gasteiger partial charge on any atom is 0.0829 e. The number of nitrogens with zero attached hydrogens (tertiary/aromatic N) is 2. The van der Waals surface area contributed by atoms with Crippen LogP contribution in [0.4, 0.5) is 5.69 Å². The molecule has 0 amide bonds. The third-order valence-corrected chi connectivity index (χ3v) is 3.85. The Bertz CT molecular complexity index is 405. The average Bonchev–Trinajstić information content (AvgIpc) is 2.41. The minimum atomic E-state index is 0.310. The zero-order valence-electron chi connectivity index (χ0n) is 12.9. The summed E-state index contributed by atoms with van der Waals surface area (Å²) in [5, 5.41) is 0. The van der Waals surface area contributed by atoms with Gasteiger partial charge in [-0.1, -0.05) is 12.1 Å². The van der Waals surface area contributed by atoms with E-state index in [4.69, 9.17) is 10.5 Å². The number of anilines is 1. The van der Waals surface area contributed by atoms with E-state index < -0.39 is 0 Å². The maximum absolute atomic E-state index is 5.88. The summed E-state index contributed by atoms with van der Waals surface area (Å²) < 4.78 is 5.88. The fourth-order valence-corrected chi connectivity index (χ4v) is 2.67. The fraction of sp³-hybridized carbons (Fsp3) is 0.625. The quantitative estimate of drug-likeness (QED) is 0.834. The van der Waals surface area contributed by atoms with Gasteiger partial charge in [-0.3, -0.25) is 9.80 Å². The average molecular weight is 277 g/mol. The molecule has 1 aromatic rings. The van der Waals surface area contributed by atoms with Crippen molar-refractivity contribution in [2.45, 2.75) is 32.5 Å². The van der Waals surface area contributed by atoms with Crippen molar-refractivity contribution >= 4 is 5.69 Å². The predicted octanol–water partition coefficient (Wildman–Crippen LogP) is 1.81. The van der Waals surface area contributed by atoms with Gasteiger partial charge in [0.2, 0.25) is 0 Å². The van der Waals surface area contributed by atoms with E-state index in [1.807, 2.05) is 12.1 Å². The van der Waals surface area contributed by atoms with Crippen LogP contribution in [0.3, 0.4) is 0 Å². The highest BCUT2D eigenvalue weighted by Crippen LogP contribution is 2.12. The Kier molecular flexibility index (Phi) is 5.40. The molecule has 0 aromatic heterocycles. The summed E-state index contributed by atoms with van der Waals surface area (Å²) in [7, 11) is 2.15. The molecule has 1 aromatic carbocycles. The molecule has 1 heterocycles. The molecule has 0 radical (unpaired) electrons. The smallest absolute Gasteiger partial charge is 0.0829 e. The monoisotopic (exact) mass is 277 g/mol. The van der Waals surface area contributed by atoms with Crippen LogP contribution in [0, 0.1) is 0 Å². The SMILES string of the molecule is CC(C)N1CCOC(CN(C)Cc2ccc(N)cc2)C1. The summed E-state index contributed by atoms with van der Waals surface area (Å²) in [4.78, 5) is 4.81. The first-order valence-electron chi connectivity index (χ1n) is 7.43. The molecule has 1 aliphatic heterocycles. The van der Waals surface area contributed by atoms with Crippen molar-refractivity contribution in [3.8, 4) is 0 Å². The highest BCUT2D eigenvalue weighted by molar-refractivity contribution is 5.39.